The first-order chi connectivity index (χ1) is 6.72. The van der Waals surface area contributed by atoms with Gasteiger partial charge in [-0.2, -0.15) is 5.10 Å². The molecule has 1 unspecified atom stereocenters. The largest absolute Gasteiger partial charge is 0.388 e. The Labute approximate surface area is 87.4 Å². The van der Waals surface area contributed by atoms with E-state index in [1.54, 1.807) is 0 Å². The Bertz CT molecular complexity index is 372. The molecule has 0 amide bonds. The molecule has 1 aliphatic heterocycles. The van der Waals surface area contributed by atoms with Gasteiger partial charge in [0.15, 0.2) is 10.6 Å². The third-order valence-corrected chi connectivity index (χ3v) is 2.94. The SMILES string of the molecule is CN1CCC(n2c(CO)n[nH]c2=S)C1. The number of hydrogen-bond donors (Lipinski definition) is 2. The van der Waals surface area contributed by atoms with E-state index in [-0.39, 0.29) is 6.61 Å². The molecule has 6 heteroatoms. The average Bonchev–Trinajstić information content (AvgIpc) is 2.71. The second-order valence-corrected chi connectivity index (χ2v) is 4.06. The number of H-pyrrole nitrogens is 1. The van der Waals surface area contributed by atoms with Gasteiger partial charge in [-0.3, -0.25) is 9.67 Å². The van der Waals surface area contributed by atoms with E-state index >= 15 is 0 Å². The molecular weight excluding hydrogens is 200 g/mol. The zero-order chi connectivity index (χ0) is 10.1. The van der Waals surface area contributed by atoms with Gasteiger partial charge in [0.25, 0.3) is 0 Å². The Hall–Kier alpha value is -0.720. The number of aromatic nitrogens is 3. The Balaban J connectivity index is 2.30. The maximum absolute atomic E-state index is 9.09. The van der Waals surface area contributed by atoms with Gasteiger partial charge in [0, 0.05) is 6.54 Å². The van der Waals surface area contributed by atoms with Crippen molar-refractivity contribution in [3.05, 3.63) is 10.6 Å². The van der Waals surface area contributed by atoms with Crippen molar-refractivity contribution in [2.75, 3.05) is 20.1 Å². The van der Waals surface area contributed by atoms with Crippen LogP contribution in [-0.4, -0.2) is 44.9 Å². The predicted molar refractivity (Wildman–Crippen MR) is 54.5 cm³/mol. The van der Waals surface area contributed by atoms with E-state index in [4.69, 9.17) is 17.3 Å². The van der Waals surface area contributed by atoms with E-state index in [1.165, 1.54) is 0 Å². The van der Waals surface area contributed by atoms with Crippen LogP contribution in [0.15, 0.2) is 0 Å². The molecule has 0 radical (unpaired) electrons. The highest BCUT2D eigenvalue weighted by Crippen LogP contribution is 2.21. The van der Waals surface area contributed by atoms with Gasteiger partial charge in [-0.25, -0.2) is 0 Å². The maximum Gasteiger partial charge on any atom is 0.195 e. The van der Waals surface area contributed by atoms with E-state index in [0.29, 0.717) is 16.6 Å². The number of likely N-dealkylation sites (N-methyl/N-ethyl adjacent to an activating group) is 1. The van der Waals surface area contributed by atoms with Crippen LogP contribution in [0.1, 0.15) is 18.3 Å². The summed E-state index contributed by atoms with van der Waals surface area (Å²) in [6, 6.07) is 0.355. The van der Waals surface area contributed by atoms with Gasteiger partial charge >= 0.3 is 0 Å². The molecule has 1 aliphatic rings. The minimum absolute atomic E-state index is 0.0621. The van der Waals surface area contributed by atoms with E-state index < -0.39 is 0 Å². The summed E-state index contributed by atoms with van der Waals surface area (Å²) in [4.78, 5) is 2.25. The Morgan fingerprint density at radius 2 is 2.50 bits per heavy atom. The summed E-state index contributed by atoms with van der Waals surface area (Å²) in [6.07, 6.45) is 1.07. The molecule has 0 aromatic carbocycles. The molecule has 1 aromatic rings. The van der Waals surface area contributed by atoms with Gasteiger partial charge in [0.1, 0.15) is 6.61 Å². The highest BCUT2D eigenvalue weighted by atomic mass is 32.1. The summed E-state index contributed by atoms with van der Waals surface area (Å²) in [5.41, 5.74) is 0. The topological polar surface area (TPSA) is 57.1 Å². The van der Waals surface area contributed by atoms with Gasteiger partial charge in [-0.05, 0) is 32.2 Å². The number of aromatic amines is 1. The maximum atomic E-state index is 9.09. The van der Waals surface area contributed by atoms with E-state index in [9.17, 15) is 0 Å². The van der Waals surface area contributed by atoms with Crippen molar-refractivity contribution in [2.24, 2.45) is 0 Å². The summed E-state index contributed by atoms with van der Waals surface area (Å²) in [5, 5.41) is 15.8. The van der Waals surface area contributed by atoms with Gasteiger partial charge in [-0.1, -0.05) is 0 Å². The number of likely N-dealkylation sites (tertiary alicyclic amines) is 1. The molecular formula is C8H14N4OS. The summed E-state index contributed by atoms with van der Waals surface area (Å²) in [6.45, 7) is 1.98. The zero-order valence-corrected chi connectivity index (χ0v) is 8.92. The Morgan fingerprint density at radius 3 is 3.07 bits per heavy atom. The minimum atomic E-state index is -0.0621. The molecule has 2 heterocycles. The molecule has 0 bridgehead atoms. The van der Waals surface area contributed by atoms with Crippen molar-refractivity contribution in [3.8, 4) is 0 Å². The highest BCUT2D eigenvalue weighted by Gasteiger charge is 2.23. The third-order valence-electron chi connectivity index (χ3n) is 2.65. The van der Waals surface area contributed by atoms with Crippen molar-refractivity contribution < 1.29 is 5.11 Å². The monoisotopic (exact) mass is 214 g/mol. The van der Waals surface area contributed by atoms with Crippen LogP contribution >= 0.6 is 12.2 Å². The number of nitrogens with zero attached hydrogens (tertiary/aromatic N) is 3. The average molecular weight is 214 g/mol. The van der Waals surface area contributed by atoms with Crippen molar-refractivity contribution >= 4 is 12.2 Å². The molecule has 0 saturated carbocycles. The van der Waals surface area contributed by atoms with Crippen LogP contribution < -0.4 is 0 Å². The highest BCUT2D eigenvalue weighted by molar-refractivity contribution is 7.71. The molecule has 1 aromatic heterocycles. The summed E-state index contributed by atoms with van der Waals surface area (Å²) in [7, 11) is 2.09. The third kappa shape index (κ3) is 1.60. The molecule has 0 aliphatic carbocycles. The van der Waals surface area contributed by atoms with Gasteiger partial charge in [0.05, 0.1) is 6.04 Å². The smallest absolute Gasteiger partial charge is 0.195 e. The first-order valence-corrected chi connectivity index (χ1v) is 5.08. The molecule has 0 spiro atoms. The summed E-state index contributed by atoms with van der Waals surface area (Å²) in [5.74, 6) is 0.635. The van der Waals surface area contributed by atoms with Gasteiger partial charge in [0.2, 0.25) is 0 Å². The zero-order valence-electron chi connectivity index (χ0n) is 8.10. The number of aliphatic hydroxyl groups is 1. The molecule has 1 fully saturated rings. The second kappa shape index (κ2) is 3.80. The fourth-order valence-electron chi connectivity index (χ4n) is 1.95. The lowest BCUT2D eigenvalue weighted by atomic mass is 10.2. The molecule has 14 heavy (non-hydrogen) atoms. The molecule has 78 valence electrons. The van der Waals surface area contributed by atoms with Crippen LogP contribution in [0.5, 0.6) is 0 Å². The van der Waals surface area contributed by atoms with Crippen molar-refractivity contribution in [1.29, 1.82) is 0 Å². The number of aliphatic hydroxyl groups excluding tert-OH is 1. The van der Waals surface area contributed by atoms with Crippen molar-refractivity contribution in [3.63, 3.8) is 0 Å². The summed E-state index contributed by atoms with van der Waals surface area (Å²) < 4.78 is 2.54. The lowest BCUT2D eigenvalue weighted by molar-refractivity contribution is 0.259. The minimum Gasteiger partial charge on any atom is -0.388 e. The van der Waals surface area contributed by atoms with Crippen molar-refractivity contribution in [1.82, 2.24) is 19.7 Å². The molecule has 1 atom stereocenters. The summed E-state index contributed by atoms with van der Waals surface area (Å²) >= 11 is 5.13. The standard InChI is InChI=1S/C8H14N4OS/c1-11-3-2-6(4-11)12-7(5-13)9-10-8(12)14/h6,13H,2-5H2,1H3,(H,10,14). The molecule has 5 nitrogen and oxygen atoms in total. The lowest BCUT2D eigenvalue weighted by Gasteiger charge is -2.13. The Morgan fingerprint density at radius 1 is 1.71 bits per heavy atom. The van der Waals surface area contributed by atoms with Gasteiger partial charge < -0.3 is 10.0 Å². The van der Waals surface area contributed by atoms with E-state index in [0.717, 1.165) is 19.5 Å². The quantitative estimate of drug-likeness (QED) is 0.696. The first-order valence-electron chi connectivity index (χ1n) is 4.67. The van der Waals surface area contributed by atoms with E-state index in [2.05, 4.69) is 22.1 Å². The number of hydrogen-bond acceptors (Lipinski definition) is 4. The fourth-order valence-corrected chi connectivity index (χ4v) is 2.25. The molecule has 2 rings (SSSR count). The van der Waals surface area contributed by atoms with Crippen LogP contribution in [-0.2, 0) is 6.61 Å². The van der Waals surface area contributed by atoms with Gasteiger partial charge in [-0.15, -0.1) is 0 Å². The molecule has 1 saturated heterocycles. The van der Waals surface area contributed by atoms with Crippen LogP contribution in [0.3, 0.4) is 0 Å². The fraction of sp³-hybridized carbons (Fsp3) is 0.750. The normalized spacial score (nSPS) is 23.1. The first kappa shape index (κ1) is 9.82. The van der Waals surface area contributed by atoms with E-state index in [1.807, 2.05) is 4.57 Å². The predicted octanol–water partition coefficient (Wildman–Crippen LogP) is 0.310. The van der Waals surface area contributed by atoms with Crippen LogP contribution in [0.2, 0.25) is 0 Å². The second-order valence-electron chi connectivity index (χ2n) is 3.68. The lowest BCUT2D eigenvalue weighted by Crippen LogP contribution is -2.18. The molecule has 2 N–H and O–H groups in total. The number of rotatable bonds is 2. The Kier molecular flexibility index (Phi) is 2.66. The number of nitrogens with one attached hydrogen (secondary N) is 1. The van der Waals surface area contributed by atoms with Crippen LogP contribution in [0, 0.1) is 4.77 Å². The van der Waals surface area contributed by atoms with Crippen LogP contribution in [0.4, 0.5) is 0 Å². The van der Waals surface area contributed by atoms with Crippen LogP contribution in [0.25, 0.3) is 0 Å². The van der Waals surface area contributed by atoms with Crippen molar-refractivity contribution in [2.45, 2.75) is 19.1 Å².